The van der Waals surface area contributed by atoms with Crippen molar-refractivity contribution in [1.82, 2.24) is 19.9 Å². The third-order valence-corrected chi connectivity index (χ3v) is 6.35. The summed E-state index contributed by atoms with van der Waals surface area (Å²) < 4.78 is 2.47. The lowest BCUT2D eigenvalue weighted by Gasteiger charge is -2.34. The lowest BCUT2D eigenvalue weighted by Crippen LogP contribution is -2.37. The fourth-order valence-electron chi connectivity index (χ4n) is 4.78. The monoisotopic (exact) mass is 444 g/mol. The molecule has 172 valence electrons. The average molecular weight is 445 g/mol. The summed E-state index contributed by atoms with van der Waals surface area (Å²) in [6, 6.07) is 19.0. The Hall–Kier alpha value is -3.22. The highest BCUT2D eigenvalue weighted by atomic mass is 16.5. The number of carbonyl (C=O) groups excluding carboxylic acids is 1. The number of likely N-dealkylation sites (tertiary alicyclic amines) is 1. The maximum Gasteiger partial charge on any atom is 0.267 e. The Bertz CT molecular complexity index is 1120. The summed E-state index contributed by atoms with van der Waals surface area (Å²) in [5, 5.41) is 8.76. The first-order valence-corrected chi connectivity index (χ1v) is 11.7. The smallest absolute Gasteiger partial charge is 0.267 e. The molecule has 1 aromatic heterocycles. The van der Waals surface area contributed by atoms with Crippen LogP contribution in [0.5, 0.6) is 0 Å². The Balaban J connectivity index is 1.77. The van der Waals surface area contributed by atoms with Crippen molar-refractivity contribution in [3.8, 4) is 11.3 Å². The zero-order valence-corrected chi connectivity index (χ0v) is 19.4. The van der Waals surface area contributed by atoms with E-state index in [1.54, 1.807) is 11.6 Å². The summed E-state index contributed by atoms with van der Waals surface area (Å²) in [5.74, 6) is 0.547. The molecule has 3 aromatic rings. The van der Waals surface area contributed by atoms with Gasteiger partial charge in [0.25, 0.3) is 5.91 Å². The van der Waals surface area contributed by atoms with Gasteiger partial charge in [-0.2, -0.15) is 0 Å². The molecule has 0 saturated carbocycles. The van der Waals surface area contributed by atoms with E-state index in [0.29, 0.717) is 6.04 Å². The van der Waals surface area contributed by atoms with Crippen LogP contribution in [0.15, 0.2) is 60.7 Å². The lowest BCUT2D eigenvalue weighted by molar-refractivity contribution is -0.124. The molecule has 1 fully saturated rings. The van der Waals surface area contributed by atoms with Gasteiger partial charge in [-0.25, -0.2) is 10.5 Å². The molecule has 33 heavy (non-hydrogen) atoms. The van der Waals surface area contributed by atoms with Crippen LogP contribution in [0, 0.1) is 6.92 Å². The van der Waals surface area contributed by atoms with Gasteiger partial charge in [0.2, 0.25) is 0 Å². The predicted molar refractivity (Wildman–Crippen MR) is 131 cm³/mol. The third-order valence-electron chi connectivity index (χ3n) is 6.35. The van der Waals surface area contributed by atoms with Crippen molar-refractivity contribution in [3.05, 3.63) is 83.3 Å². The van der Waals surface area contributed by atoms with Crippen LogP contribution in [0.25, 0.3) is 17.3 Å². The number of likely N-dealkylation sites (N-methyl/N-ethyl adjacent to an activating group) is 1. The second-order valence-electron chi connectivity index (χ2n) is 8.62. The first kappa shape index (κ1) is 23.0. The highest BCUT2D eigenvalue weighted by Crippen LogP contribution is 2.34. The maximum absolute atomic E-state index is 11.4. The van der Waals surface area contributed by atoms with Crippen LogP contribution in [0.3, 0.4) is 0 Å². The number of rotatable bonds is 7. The molecule has 0 aliphatic carbocycles. The predicted octanol–water partition coefficient (Wildman–Crippen LogP) is 4.62. The van der Waals surface area contributed by atoms with E-state index in [1.165, 1.54) is 18.1 Å². The van der Waals surface area contributed by atoms with Gasteiger partial charge in [0.1, 0.15) is 5.82 Å². The van der Waals surface area contributed by atoms with E-state index in [2.05, 4.69) is 59.7 Å². The number of hydrogen-bond donors (Lipinski definition) is 2. The number of aromatic nitrogens is 2. The molecular weight excluding hydrogens is 412 g/mol. The molecule has 1 atom stereocenters. The molecule has 2 aromatic carbocycles. The van der Waals surface area contributed by atoms with Gasteiger partial charge < -0.3 is 9.47 Å². The Morgan fingerprint density at radius 3 is 2.79 bits per heavy atom. The SMILES string of the molecule is CCN1CCCC(n2c(Cc3ccccc3)nc(C)c2-c2cccc(/C=C/C(=O)NO)c2)C1. The molecule has 1 aliphatic heterocycles. The Morgan fingerprint density at radius 2 is 2.03 bits per heavy atom. The minimum atomic E-state index is -0.548. The van der Waals surface area contributed by atoms with E-state index >= 15 is 0 Å². The average Bonchev–Trinajstić information content (AvgIpc) is 3.18. The van der Waals surface area contributed by atoms with Crippen LogP contribution in [-0.4, -0.2) is 45.2 Å². The highest BCUT2D eigenvalue weighted by Gasteiger charge is 2.27. The molecule has 1 saturated heterocycles. The van der Waals surface area contributed by atoms with Crippen molar-refractivity contribution < 1.29 is 10.0 Å². The number of nitrogens with zero attached hydrogens (tertiary/aromatic N) is 3. The molecule has 1 aliphatic rings. The van der Waals surface area contributed by atoms with Crippen LogP contribution < -0.4 is 5.48 Å². The van der Waals surface area contributed by atoms with Gasteiger partial charge in [-0.05, 0) is 56.1 Å². The van der Waals surface area contributed by atoms with Crippen molar-refractivity contribution in [1.29, 1.82) is 0 Å². The van der Waals surface area contributed by atoms with Gasteiger partial charge in [0.15, 0.2) is 0 Å². The van der Waals surface area contributed by atoms with Gasteiger partial charge >= 0.3 is 0 Å². The fourth-order valence-corrected chi connectivity index (χ4v) is 4.78. The van der Waals surface area contributed by atoms with E-state index < -0.39 is 5.91 Å². The maximum atomic E-state index is 11.4. The molecule has 1 unspecified atom stereocenters. The normalized spacial score (nSPS) is 16.9. The van der Waals surface area contributed by atoms with Crippen molar-refractivity contribution in [2.24, 2.45) is 0 Å². The van der Waals surface area contributed by atoms with Crippen LogP contribution in [0.1, 0.15) is 48.5 Å². The fraction of sp³-hybridized carbons (Fsp3) is 0.333. The van der Waals surface area contributed by atoms with Crippen molar-refractivity contribution in [2.45, 2.75) is 39.2 Å². The number of aryl methyl sites for hydroxylation is 1. The number of amides is 1. The van der Waals surface area contributed by atoms with Gasteiger partial charge in [-0.15, -0.1) is 0 Å². The molecule has 6 nitrogen and oxygen atoms in total. The standard InChI is InChI=1S/C27H32N4O2/c1-3-30-16-8-13-24(19-30)31-25(18-21-9-5-4-6-10-21)28-20(2)27(31)23-12-7-11-22(17-23)14-15-26(32)29-33/h4-7,9-12,14-15,17,24,33H,3,8,13,16,18-19H2,1-2H3,(H,29,32)/b15-14+. The number of hydrogen-bond acceptors (Lipinski definition) is 4. The van der Waals surface area contributed by atoms with Crippen LogP contribution in [0.4, 0.5) is 0 Å². The summed E-state index contributed by atoms with van der Waals surface area (Å²) in [7, 11) is 0. The van der Waals surface area contributed by atoms with Gasteiger partial charge in [0.05, 0.1) is 11.4 Å². The molecule has 1 amide bonds. The third kappa shape index (κ3) is 5.41. The lowest BCUT2D eigenvalue weighted by atomic mass is 10.0. The quantitative estimate of drug-likeness (QED) is 0.317. The molecule has 0 radical (unpaired) electrons. The second kappa shape index (κ2) is 10.6. The number of imidazole rings is 1. The van der Waals surface area contributed by atoms with Crippen molar-refractivity contribution >= 4 is 12.0 Å². The van der Waals surface area contributed by atoms with Crippen molar-refractivity contribution in [2.75, 3.05) is 19.6 Å². The summed E-state index contributed by atoms with van der Waals surface area (Å²) in [4.78, 5) is 19.0. The highest BCUT2D eigenvalue weighted by molar-refractivity contribution is 5.91. The van der Waals surface area contributed by atoms with E-state index in [0.717, 1.165) is 60.8 Å². The minimum Gasteiger partial charge on any atom is -0.323 e. The molecule has 0 bridgehead atoms. The second-order valence-corrected chi connectivity index (χ2v) is 8.62. The van der Waals surface area contributed by atoms with Crippen molar-refractivity contribution in [3.63, 3.8) is 0 Å². The molecule has 2 heterocycles. The topological polar surface area (TPSA) is 70.4 Å². The van der Waals surface area contributed by atoms with E-state index in [4.69, 9.17) is 10.2 Å². The minimum absolute atomic E-state index is 0.368. The Kier molecular flexibility index (Phi) is 7.37. The zero-order chi connectivity index (χ0) is 23.2. The van der Waals surface area contributed by atoms with Gasteiger partial charge in [-0.1, -0.05) is 55.5 Å². The molecule has 2 N–H and O–H groups in total. The largest absolute Gasteiger partial charge is 0.323 e. The zero-order valence-electron chi connectivity index (χ0n) is 19.4. The van der Waals surface area contributed by atoms with Crippen LogP contribution in [0.2, 0.25) is 0 Å². The van der Waals surface area contributed by atoms with Crippen LogP contribution in [-0.2, 0) is 11.2 Å². The van der Waals surface area contributed by atoms with Crippen LogP contribution >= 0.6 is 0 Å². The Morgan fingerprint density at radius 1 is 1.21 bits per heavy atom. The van der Waals surface area contributed by atoms with E-state index in [1.807, 2.05) is 18.2 Å². The van der Waals surface area contributed by atoms with E-state index in [-0.39, 0.29) is 0 Å². The summed E-state index contributed by atoms with van der Waals surface area (Å²) in [5.41, 5.74) is 7.03. The molecular formula is C27H32N4O2. The molecule has 0 spiro atoms. The number of piperidine rings is 1. The number of nitrogens with one attached hydrogen (secondary N) is 1. The van der Waals surface area contributed by atoms with Gasteiger partial charge in [-0.3, -0.25) is 10.0 Å². The molecule has 4 rings (SSSR count). The summed E-state index contributed by atoms with van der Waals surface area (Å²) in [6.07, 6.45) is 6.14. The first-order chi connectivity index (χ1) is 16.1. The first-order valence-electron chi connectivity index (χ1n) is 11.7. The van der Waals surface area contributed by atoms with E-state index in [9.17, 15) is 4.79 Å². The number of hydroxylamine groups is 1. The summed E-state index contributed by atoms with van der Waals surface area (Å²) >= 11 is 0. The Labute approximate surface area is 195 Å². The number of carbonyl (C=O) groups is 1. The summed E-state index contributed by atoms with van der Waals surface area (Å²) in [6.45, 7) is 7.55. The van der Waals surface area contributed by atoms with Gasteiger partial charge in [0, 0.05) is 30.6 Å². The molecule has 6 heteroatoms. The number of benzene rings is 2.